The van der Waals surface area contributed by atoms with Gasteiger partial charge in [0.15, 0.2) is 5.96 Å². The van der Waals surface area contributed by atoms with E-state index in [0.29, 0.717) is 13.2 Å². The Morgan fingerprint density at radius 2 is 1.96 bits per heavy atom. The van der Waals surface area contributed by atoms with E-state index in [2.05, 4.69) is 82.4 Å². The van der Waals surface area contributed by atoms with Crippen LogP contribution < -0.4 is 10.6 Å². The van der Waals surface area contributed by atoms with Crippen LogP contribution in [0.2, 0.25) is 0 Å². The number of hydrogen-bond acceptors (Lipinski definition) is 4. The molecule has 0 bridgehead atoms. The first-order valence-corrected chi connectivity index (χ1v) is 9.44. The summed E-state index contributed by atoms with van der Waals surface area (Å²) in [5.74, 6) is 1.77. The van der Waals surface area contributed by atoms with E-state index < -0.39 is 0 Å². The van der Waals surface area contributed by atoms with Crippen molar-refractivity contribution in [2.75, 3.05) is 13.6 Å². The van der Waals surface area contributed by atoms with Crippen molar-refractivity contribution < 1.29 is 4.74 Å². The van der Waals surface area contributed by atoms with Gasteiger partial charge >= 0.3 is 0 Å². The summed E-state index contributed by atoms with van der Waals surface area (Å²) >= 11 is 0. The number of ether oxygens (including phenoxy) is 1. The molecule has 2 rings (SSSR count). The van der Waals surface area contributed by atoms with Gasteiger partial charge in [0.05, 0.1) is 12.2 Å². The summed E-state index contributed by atoms with van der Waals surface area (Å²) in [4.78, 5) is 4.28. The van der Waals surface area contributed by atoms with Crippen molar-refractivity contribution in [3.05, 3.63) is 47.5 Å². The highest BCUT2D eigenvalue weighted by atomic mass is 127. The van der Waals surface area contributed by atoms with Gasteiger partial charge in [0, 0.05) is 33.1 Å². The Labute approximate surface area is 185 Å². The largest absolute Gasteiger partial charge is 0.371 e. The molecule has 0 unspecified atom stereocenters. The summed E-state index contributed by atoms with van der Waals surface area (Å²) in [6, 6.07) is 8.42. The number of aromatic nitrogens is 3. The molecular weight excluding hydrogens is 467 g/mol. The second kappa shape index (κ2) is 12.0. The van der Waals surface area contributed by atoms with Crippen molar-refractivity contribution in [1.82, 2.24) is 25.4 Å². The van der Waals surface area contributed by atoms with Crippen LogP contribution in [0, 0.1) is 0 Å². The molecular formula is C20H33IN6O. The van der Waals surface area contributed by atoms with Crippen molar-refractivity contribution in [2.45, 2.75) is 59.4 Å². The fourth-order valence-corrected chi connectivity index (χ4v) is 2.57. The number of nitrogens with zero attached hydrogens (tertiary/aromatic N) is 4. The van der Waals surface area contributed by atoms with Gasteiger partial charge in [-0.1, -0.05) is 31.2 Å². The molecule has 0 atom stereocenters. The topological polar surface area (TPSA) is 76.4 Å². The average molecular weight is 500 g/mol. The van der Waals surface area contributed by atoms with Crippen molar-refractivity contribution in [1.29, 1.82) is 0 Å². The van der Waals surface area contributed by atoms with Gasteiger partial charge < -0.3 is 19.9 Å². The standard InChI is InChI=1S/C20H32N6O.HI/c1-6-18-25-24-15-26(18)11-10-22-19(21-5)23-13-16-8-7-9-17(12-16)14-27-20(2,3)4;/h7-9,12,15H,6,10-11,13-14H2,1-5H3,(H2,21,22,23);1H. The van der Waals surface area contributed by atoms with Crippen LogP contribution in [0.5, 0.6) is 0 Å². The summed E-state index contributed by atoms with van der Waals surface area (Å²) < 4.78 is 7.91. The van der Waals surface area contributed by atoms with Gasteiger partial charge in [-0.25, -0.2) is 0 Å². The van der Waals surface area contributed by atoms with Gasteiger partial charge in [-0.15, -0.1) is 34.2 Å². The third kappa shape index (κ3) is 8.55. The van der Waals surface area contributed by atoms with Crippen LogP contribution in [0.15, 0.2) is 35.6 Å². The monoisotopic (exact) mass is 500 g/mol. The maximum Gasteiger partial charge on any atom is 0.191 e. The van der Waals surface area contributed by atoms with Crippen LogP contribution >= 0.6 is 24.0 Å². The Morgan fingerprint density at radius 3 is 2.64 bits per heavy atom. The third-order valence-electron chi connectivity index (χ3n) is 4.00. The minimum absolute atomic E-state index is 0. The normalized spacial score (nSPS) is 11.8. The summed E-state index contributed by atoms with van der Waals surface area (Å²) in [6.07, 6.45) is 2.64. The molecule has 7 nitrogen and oxygen atoms in total. The Morgan fingerprint density at radius 1 is 1.21 bits per heavy atom. The maximum atomic E-state index is 5.86. The number of halogens is 1. The van der Waals surface area contributed by atoms with E-state index in [9.17, 15) is 0 Å². The minimum atomic E-state index is -0.136. The summed E-state index contributed by atoms with van der Waals surface area (Å²) in [5, 5.41) is 14.7. The van der Waals surface area contributed by atoms with Crippen molar-refractivity contribution in [3.63, 3.8) is 0 Å². The lowest BCUT2D eigenvalue weighted by Gasteiger charge is -2.19. The van der Waals surface area contributed by atoms with Crippen molar-refractivity contribution >= 4 is 29.9 Å². The molecule has 1 aromatic heterocycles. The van der Waals surface area contributed by atoms with Gasteiger partial charge in [0.25, 0.3) is 0 Å². The first-order chi connectivity index (χ1) is 12.9. The SMILES string of the molecule is CCc1nncn1CCNC(=NC)NCc1cccc(COC(C)(C)C)c1.I. The Balaban J connectivity index is 0.00000392. The number of hydrogen-bond donors (Lipinski definition) is 2. The lowest BCUT2D eigenvalue weighted by molar-refractivity contribution is -0.0149. The highest BCUT2D eigenvalue weighted by Gasteiger charge is 2.10. The van der Waals surface area contributed by atoms with Crippen LogP contribution in [0.4, 0.5) is 0 Å². The molecule has 2 aromatic rings. The molecule has 0 radical (unpaired) electrons. The predicted octanol–water partition coefficient (Wildman–Crippen LogP) is 3.14. The molecule has 0 spiro atoms. The van der Waals surface area contributed by atoms with E-state index in [1.54, 1.807) is 13.4 Å². The Kier molecular flexibility index (Phi) is 10.4. The van der Waals surface area contributed by atoms with Crippen LogP contribution in [0.3, 0.4) is 0 Å². The number of guanidine groups is 1. The van der Waals surface area contributed by atoms with E-state index >= 15 is 0 Å². The van der Waals surface area contributed by atoms with Gasteiger partial charge in [-0.2, -0.15) is 0 Å². The predicted molar refractivity (Wildman–Crippen MR) is 124 cm³/mol. The second-order valence-electron chi connectivity index (χ2n) is 7.37. The molecule has 1 heterocycles. The lowest BCUT2D eigenvalue weighted by atomic mass is 10.1. The first-order valence-electron chi connectivity index (χ1n) is 9.44. The maximum absolute atomic E-state index is 5.86. The Bertz CT molecular complexity index is 738. The average Bonchev–Trinajstić information content (AvgIpc) is 3.10. The molecule has 0 amide bonds. The van der Waals surface area contributed by atoms with Crippen LogP contribution in [0.25, 0.3) is 0 Å². The lowest BCUT2D eigenvalue weighted by Crippen LogP contribution is -2.38. The van der Waals surface area contributed by atoms with Gasteiger partial charge in [-0.05, 0) is 31.9 Å². The zero-order chi connectivity index (χ0) is 19.7. The molecule has 0 aliphatic carbocycles. The number of rotatable bonds is 8. The highest BCUT2D eigenvalue weighted by molar-refractivity contribution is 14.0. The van der Waals surface area contributed by atoms with E-state index in [0.717, 1.165) is 31.3 Å². The molecule has 8 heteroatoms. The van der Waals surface area contributed by atoms with Crippen LogP contribution in [-0.4, -0.2) is 39.9 Å². The van der Waals surface area contributed by atoms with Gasteiger partial charge in [0.1, 0.15) is 12.2 Å². The molecule has 1 aromatic carbocycles. The molecule has 0 aliphatic rings. The molecule has 0 saturated carbocycles. The minimum Gasteiger partial charge on any atom is -0.371 e. The number of aliphatic imine (C=N–C) groups is 1. The fraction of sp³-hybridized carbons (Fsp3) is 0.550. The van der Waals surface area contributed by atoms with Gasteiger partial charge in [-0.3, -0.25) is 4.99 Å². The number of benzene rings is 1. The second-order valence-corrected chi connectivity index (χ2v) is 7.37. The zero-order valence-corrected chi connectivity index (χ0v) is 19.9. The van der Waals surface area contributed by atoms with Crippen molar-refractivity contribution in [2.24, 2.45) is 4.99 Å². The Hall–Kier alpha value is -1.68. The van der Waals surface area contributed by atoms with Crippen molar-refractivity contribution in [3.8, 4) is 0 Å². The van der Waals surface area contributed by atoms with E-state index in [4.69, 9.17) is 4.74 Å². The quantitative estimate of drug-likeness (QED) is 0.331. The molecule has 0 fully saturated rings. The number of nitrogens with one attached hydrogen (secondary N) is 2. The molecule has 0 aliphatic heterocycles. The molecule has 2 N–H and O–H groups in total. The zero-order valence-electron chi connectivity index (χ0n) is 17.5. The van der Waals surface area contributed by atoms with Gasteiger partial charge in [0.2, 0.25) is 0 Å². The van der Waals surface area contributed by atoms with E-state index in [1.165, 1.54) is 11.1 Å². The third-order valence-corrected chi connectivity index (χ3v) is 4.00. The molecule has 28 heavy (non-hydrogen) atoms. The first kappa shape index (κ1) is 24.4. The van der Waals surface area contributed by atoms with E-state index in [1.807, 2.05) is 0 Å². The summed E-state index contributed by atoms with van der Waals surface area (Å²) in [5.41, 5.74) is 2.23. The molecule has 156 valence electrons. The fourth-order valence-electron chi connectivity index (χ4n) is 2.57. The summed E-state index contributed by atoms with van der Waals surface area (Å²) in [7, 11) is 1.78. The number of aryl methyl sites for hydroxylation is 1. The highest BCUT2D eigenvalue weighted by Crippen LogP contribution is 2.13. The van der Waals surface area contributed by atoms with E-state index in [-0.39, 0.29) is 29.6 Å². The smallest absolute Gasteiger partial charge is 0.191 e. The summed E-state index contributed by atoms with van der Waals surface area (Å²) in [6.45, 7) is 11.2. The van der Waals surface area contributed by atoms with Crippen LogP contribution in [0.1, 0.15) is 44.6 Å². The molecule has 0 saturated heterocycles. The van der Waals surface area contributed by atoms with Crippen LogP contribution in [-0.2, 0) is 30.9 Å².